The van der Waals surface area contributed by atoms with E-state index in [-0.39, 0.29) is 6.61 Å². The second-order valence-corrected chi connectivity index (χ2v) is 7.02. The molecular weight excluding hydrogens is 340 g/mol. The maximum atomic E-state index is 9.40. The van der Waals surface area contributed by atoms with Crippen molar-refractivity contribution in [1.29, 1.82) is 0 Å². The second-order valence-electron chi connectivity index (χ2n) is 5.64. The number of imidazole rings is 1. The quantitative estimate of drug-likeness (QED) is 0.650. The van der Waals surface area contributed by atoms with Gasteiger partial charge in [-0.1, -0.05) is 59.8 Å². The van der Waals surface area contributed by atoms with Crippen molar-refractivity contribution in [2.45, 2.75) is 31.0 Å². The molecule has 0 atom stereocenters. The highest BCUT2D eigenvalue weighted by molar-refractivity contribution is 7.98. The second kappa shape index (κ2) is 7.88. The minimum atomic E-state index is -0.0501. The van der Waals surface area contributed by atoms with Gasteiger partial charge >= 0.3 is 0 Å². The first kappa shape index (κ1) is 17.1. The van der Waals surface area contributed by atoms with Crippen molar-refractivity contribution >= 4 is 23.4 Å². The van der Waals surface area contributed by atoms with Gasteiger partial charge in [0.05, 0.1) is 12.3 Å². The molecule has 0 saturated heterocycles. The number of hydrogen-bond acceptors (Lipinski definition) is 3. The normalized spacial score (nSPS) is 11.0. The molecule has 0 bridgehead atoms. The molecule has 0 aliphatic carbocycles. The first-order valence-corrected chi connectivity index (χ1v) is 9.10. The molecular formula is C19H19ClN2OS. The third-order valence-electron chi connectivity index (χ3n) is 3.84. The molecule has 1 aromatic heterocycles. The van der Waals surface area contributed by atoms with Crippen molar-refractivity contribution in [3.63, 3.8) is 0 Å². The molecule has 0 unspecified atom stereocenters. The van der Waals surface area contributed by atoms with Crippen LogP contribution in [0.25, 0.3) is 0 Å². The summed E-state index contributed by atoms with van der Waals surface area (Å²) in [5.41, 5.74) is 4.42. The fourth-order valence-electron chi connectivity index (χ4n) is 2.46. The molecule has 1 N–H and O–H groups in total. The lowest BCUT2D eigenvalue weighted by Crippen LogP contribution is -2.00. The van der Waals surface area contributed by atoms with E-state index in [2.05, 4.69) is 40.7 Å². The zero-order valence-corrected chi connectivity index (χ0v) is 15.0. The zero-order valence-electron chi connectivity index (χ0n) is 13.4. The van der Waals surface area contributed by atoms with E-state index in [0.29, 0.717) is 12.2 Å². The molecule has 5 heteroatoms. The van der Waals surface area contributed by atoms with E-state index in [0.717, 1.165) is 21.5 Å². The number of aliphatic hydroxyl groups is 1. The first-order chi connectivity index (χ1) is 11.7. The lowest BCUT2D eigenvalue weighted by molar-refractivity contribution is 0.277. The van der Waals surface area contributed by atoms with Crippen LogP contribution in [0.1, 0.15) is 22.4 Å². The molecule has 2 aromatic carbocycles. The van der Waals surface area contributed by atoms with Crippen LogP contribution in [0.4, 0.5) is 0 Å². The highest BCUT2D eigenvalue weighted by Crippen LogP contribution is 2.25. The number of aromatic nitrogens is 2. The summed E-state index contributed by atoms with van der Waals surface area (Å²) in [5, 5.41) is 11.0. The Morgan fingerprint density at radius 3 is 2.58 bits per heavy atom. The zero-order chi connectivity index (χ0) is 16.9. The van der Waals surface area contributed by atoms with Gasteiger partial charge in [-0.25, -0.2) is 4.98 Å². The van der Waals surface area contributed by atoms with Crippen molar-refractivity contribution in [3.05, 3.63) is 82.1 Å². The van der Waals surface area contributed by atoms with E-state index in [9.17, 15) is 5.11 Å². The lowest BCUT2D eigenvalue weighted by atomic mass is 10.1. The molecule has 0 saturated carbocycles. The Kier molecular flexibility index (Phi) is 5.61. The summed E-state index contributed by atoms with van der Waals surface area (Å²) >= 11 is 7.64. The largest absolute Gasteiger partial charge is 0.390 e. The van der Waals surface area contributed by atoms with Gasteiger partial charge in [0.2, 0.25) is 0 Å². The van der Waals surface area contributed by atoms with Crippen LogP contribution in [-0.2, 0) is 18.9 Å². The van der Waals surface area contributed by atoms with Crippen LogP contribution in [0.3, 0.4) is 0 Å². The lowest BCUT2D eigenvalue weighted by Gasteiger charge is -2.09. The molecule has 124 valence electrons. The van der Waals surface area contributed by atoms with Gasteiger partial charge in [0.1, 0.15) is 0 Å². The van der Waals surface area contributed by atoms with Crippen LogP contribution in [-0.4, -0.2) is 14.7 Å². The van der Waals surface area contributed by atoms with Crippen LogP contribution >= 0.6 is 23.4 Å². The summed E-state index contributed by atoms with van der Waals surface area (Å²) in [6.45, 7) is 2.78. The third kappa shape index (κ3) is 4.20. The monoisotopic (exact) mass is 358 g/mol. The number of halogens is 1. The van der Waals surface area contributed by atoms with E-state index in [4.69, 9.17) is 11.6 Å². The SMILES string of the molecule is Cc1ccccc1CSc1nc(CO)cn1Cc1ccc(Cl)cc1. The predicted octanol–water partition coefficient (Wildman–Crippen LogP) is 4.68. The molecule has 3 aromatic rings. The van der Waals surface area contributed by atoms with Crippen LogP contribution < -0.4 is 0 Å². The number of benzene rings is 2. The Bertz CT molecular complexity index is 814. The maximum Gasteiger partial charge on any atom is 0.168 e. The average molecular weight is 359 g/mol. The van der Waals surface area contributed by atoms with Crippen molar-refractivity contribution in [3.8, 4) is 0 Å². The minimum absolute atomic E-state index is 0.0501. The molecule has 0 aliphatic rings. The number of thioether (sulfide) groups is 1. The molecule has 3 nitrogen and oxygen atoms in total. The predicted molar refractivity (Wildman–Crippen MR) is 99.4 cm³/mol. The first-order valence-electron chi connectivity index (χ1n) is 7.74. The summed E-state index contributed by atoms with van der Waals surface area (Å²) in [6, 6.07) is 16.2. The van der Waals surface area contributed by atoms with E-state index in [1.54, 1.807) is 11.8 Å². The van der Waals surface area contributed by atoms with E-state index in [1.165, 1.54) is 11.1 Å². The molecule has 0 spiro atoms. The Hall–Kier alpha value is -1.75. The van der Waals surface area contributed by atoms with E-state index >= 15 is 0 Å². The smallest absolute Gasteiger partial charge is 0.168 e. The summed E-state index contributed by atoms with van der Waals surface area (Å²) in [6.07, 6.45) is 1.91. The minimum Gasteiger partial charge on any atom is -0.390 e. The summed E-state index contributed by atoms with van der Waals surface area (Å²) < 4.78 is 2.08. The van der Waals surface area contributed by atoms with Gasteiger partial charge < -0.3 is 9.67 Å². The molecule has 0 fully saturated rings. The van der Waals surface area contributed by atoms with Gasteiger partial charge in [0, 0.05) is 23.5 Å². The van der Waals surface area contributed by atoms with Crippen LogP contribution in [0, 0.1) is 6.92 Å². The molecule has 24 heavy (non-hydrogen) atoms. The van der Waals surface area contributed by atoms with Crippen molar-refractivity contribution < 1.29 is 5.11 Å². The van der Waals surface area contributed by atoms with Gasteiger partial charge in [-0.15, -0.1) is 0 Å². The van der Waals surface area contributed by atoms with Gasteiger partial charge in [-0.3, -0.25) is 0 Å². The average Bonchev–Trinajstić information content (AvgIpc) is 2.98. The van der Waals surface area contributed by atoms with E-state index < -0.39 is 0 Å². The topological polar surface area (TPSA) is 38.1 Å². The van der Waals surface area contributed by atoms with E-state index in [1.807, 2.05) is 30.5 Å². The fraction of sp³-hybridized carbons (Fsp3) is 0.211. The Morgan fingerprint density at radius 2 is 1.88 bits per heavy atom. The molecule has 3 rings (SSSR count). The molecule has 0 aliphatic heterocycles. The number of rotatable bonds is 6. The number of hydrogen-bond donors (Lipinski definition) is 1. The van der Waals surface area contributed by atoms with Gasteiger partial charge in [0.15, 0.2) is 5.16 Å². The van der Waals surface area contributed by atoms with Gasteiger partial charge in [-0.2, -0.15) is 0 Å². The maximum absolute atomic E-state index is 9.40. The standard InChI is InChI=1S/C19H19ClN2OS/c1-14-4-2-3-5-16(14)13-24-19-21-18(12-23)11-22(19)10-15-6-8-17(20)9-7-15/h2-9,11,23H,10,12-13H2,1H3. The Balaban J connectivity index is 1.78. The highest BCUT2D eigenvalue weighted by Gasteiger charge is 2.10. The number of nitrogens with zero attached hydrogens (tertiary/aromatic N) is 2. The summed E-state index contributed by atoms with van der Waals surface area (Å²) in [5.74, 6) is 0.856. The third-order valence-corrected chi connectivity index (χ3v) is 5.13. The number of aliphatic hydroxyl groups excluding tert-OH is 1. The van der Waals surface area contributed by atoms with Crippen LogP contribution in [0.2, 0.25) is 5.02 Å². The number of aryl methyl sites for hydroxylation is 1. The van der Waals surface area contributed by atoms with Crippen LogP contribution in [0.5, 0.6) is 0 Å². The summed E-state index contributed by atoms with van der Waals surface area (Å²) in [7, 11) is 0. The Labute approximate surface area is 151 Å². The molecule has 0 amide bonds. The van der Waals surface area contributed by atoms with Gasteiger partial charge in [-0.05, 0) is 35.7 Å². The summed E-state index contributed by atoms with van der Waals surface area (Å²) in [4.78, 5) is 4.54. The Morgan fingerprint density at radius 1 is 1.12 bits per heavy atom. The molecule has 1 heterocycles. The van der Waals surface area contributed by atoms with Crippen molar-refractivity contribution in [2.24, 2.45) is 0 Å². The van der Waals surface area contributed by atoms with Crippen LogP contribution in [0.15, 0.2) is 59.9 Å². The van der Waals surface area contributed by atoms with Gasteiger partial charge in [0.25, 0.3) is 0 Å². The van der Waals surface area contributed by atoms with Crippen molar-refractivity contribution in [2.75, 3.05) is 0 Å². The fourth-order valence-corrected chi connectivity index (χ4v) is 3.66. The molecule has 0 radical (unpaired) electrons. The highest BCUT2D eigenvalue weighted by atomic mass is 35.5. The van der Waals surface area contributed by atoms with Crippen molar-refractivity contribution in [1.82, 2.24) is 9.55 Å².